The van der Waals surface area contributed by atoms with Gasteiger partial charge in [0.2, 0.25) is 5.90 Å². The van der Waals surface area contributed by atoms with Crippen molar-refractivity contribution in [1.82, 2.24) is 0 Å². The van der Waals surface area contributed by atoms with E-state index in [1.807, 2.05) is 0 Å². The van der Waals surface area contributed by atoms with E-state index in [4.69, 9.17) is 16.3 Å². The minimum absolute atomic E-state index is 0.0549. The van der Waals surface area contributed by atoms with E-state index in [-0.39, 0.29) is 17.3 Å². The van der Waals surface area contributed by atoms with E-state index in [0.717, 1.165) is 0 Å². The van der Waals surface area contributed by atoms with E-state index in [2.05, 4.69) is 4.99 Å². The number of ether oxygens (including phenoxy) is 1. The Morgan fingerprint density at radius 1 is 1.21 bits per heavy atom. The van der Waals surface area contributed by atoms with Gasteiger partial charge in [-0.2, -0.15) is 0 Å². The van der Waals surface area contributed by atoms with Crippen LogP contribution in [0.5, 0.6) is 0 Å². The van der Waals surface area contributed by atoms with Crippen LogP contribution in [0.2, 0.25) is 5.02 Å². The monoisotopic (exact) mass is 342 g/mol. The van der Waals surface area contributed by atoms with Crippen LogP contribution in [0.15, 0.2) is 59.2 Å². The molecule has 0 amide bonds. The van der Waals surface area contributed by atoms with Gasteiger partial charge < -0.3 is 4.74 Å². The number of non-ortho nitro benzene ring substituents is 1. The number of carbonyl (C=O) groups is 1. The maximum absolute atomic E-state index is 12.1. The van der Waals surface area contributed by atoms with Gasteiger partial charge >= 0.3 is 5.97 Å². The lowest BCUT2D eigenvalue weighted by Crippen LogP contribution is -2.05. The highest BCUT2D eigenvalue weighted by Crippen LogP contribution is 2.27. The summed E-state index contributed by atoms with van der Waals surface area (Å²) in [6.07, 6.45) is 0. The normalized spacial score (nSPS) is 15.8. The van der Waals surface area contributed by atoms with Crippen molar-refractivity contribution in [3.8, 4) is 0 Å². The van der Waals surface area contributed by atoms with Gasteiger partial charge in [0.25, 0.3) is 5.69 Å². The molecule has 2 aromatic rings. The summed E-state index contributed by atoms with van der Waals surface area (Å²) >= 11 is 5.83. The highest BCUT2D eigenvalue weighted by atomic mass is 35.5. The summed E-state index contributed by atoms with van der Waals surface area (Å²) in [7, 11) is 0. The van der Waals surface area contributed by atoms with Crippen LogP contribution in [0, 0.1) is 10.1 Å². The quantitative estimate of drug-likeness (QED) is 0.365. The topological polar surface area (TPSA) is 81.8 Å². The zero-order valence-electron chi connectivity index (χ0n) is 12.5. The van der Waals surface area contributed by atoms with Crippen molar-refractivity contribution in [2.24, 2.45) is 4.99 Å². The molecule has 6 nitrogen and oxygen atoms in total. The number of hydrogen-bond donors (Lipinski definition) is 0. The van der Waals surface area contributed by atoms with Crippen LogP contribution in [0.1, 0.15) is 18.1 Å². The average molecular weight is 343 g/mol. The zero-order valence-corrected chi connectivity index (χ0v) is 13.3. The van der Waals surface area contributed by atoms with Crippen LogP contribution >= 0.6 is 11.6 Å². The minimum Gasteiger partial charge on any atom is -0.402 e. The van der Waals surface area contributed by atoms with Crippen LogP contribution in [-0.4, -0.2) is 16.8 Å². The molecule has 0 saturated carbocycles. The van der Waals surface area contributed by atoms with Crippen molar-refractivity contribution < 1.29 is 14.5 Å². The Morgan fingerprint density at radius 3 is 2.58 bits per heavy atom. The zero-order chi connectivity index (χ0) is 17.3. The first-order valence-corrected chi connectivity index (χ1v) is 7.36. The third-order valence-electron chi connectivity index (χ3n) is 3.53. The van der Waals surface area contributed by atoms with Gasteiger partial charge in [-0.3, -0.25) is 10.1 Å². The molecule has 0 fully saturated rings. The van der Waals surface area contributed by atoms with E-state index < -0.39 is 10.9 Å². The van der Waals surface area contributed by atoms with Crippen LogP contribution in [0.4, 0.5) is 5.69 Å². The first-order valence-electron chi connectivity index (χ1n) is 6.98. The number of benzene rings is 2. The fraction of sp³-hybridized carbons (Fsp3) is 0.0588. The second kappa shape index (κ2) is 6.25. The van der Waals surface area contributed by atoms with Gasteiger partial charge in [-0.1, -0.05) is 23.7 Å². The highest BCUT2D eigenvalue weighted by molar-refractivity contribution is 6.30. The number of halogens is 1. The van der Waals surface area contributed by atoms with Crippen molar-refractivity contribution in [2.45, 2.75) is 6.92 Å². The lowest BCUT2D eigenvalue weighted by Gasteiger charge is -2.02. The largest absolute Gasteiger partial charge is 0.402 e. The number of nitro benzene ring substituents is 1. The Bertz CT molecular complexity index is 901. The molecule has 1 heterocycles. The van der Waals surface area contributed by atoms with Crippen molar-refractivity contribution in [3.05, 3.63) is 80.5 Å². The van der Waals surface area contributed by atoms with Crippen molar-refractivity contribution in [1.29, 1.82) is 0 Å². The van der Waals surface area contributed by atoms with Gasteiger partial charge in [0, 0.05) is 22.7 Å². The molecule has 24 heavy (non-hydrogen) atoms. The molecule has 1 aliphatic heterocycles. The van der Waals surface area contributed by atoms with Crippen molar-refractivity contribution in [2.75, 3.05) is 0 Å². The van der Waals surface area contributed by atoms with Gasteiger partial charge in [-0.05, 0) is 42.3 Å². The SMILES string of the molecule is C/C(=C1/N=C(c2ccc(Cl)cc2)OC1=O)c1cccc([N+](=O)[O-])c1. The molecule has 120 valence electrons. The van der Waals surface area contributed by atoms with Crippen LogP contribution in [0.25, 0.3) is 5.57 Å². The maximum atomic E-state index is 12.1. The summed E-state index contributed by atoms with van der Waals surface area (Å²) < 4.78 is 5.20. The smallest absolute Gasteiger partial charge is 0.364 e. The Morgan fingerprint density at radius 2 is 1.92 bits per heavy atom. The predicted molar refractivity (Wildman–Crippen MR) is 89.8 cm³/mol. The summed E-state index contributed by atoms with van der Waals surface area (Å²) in [6, 6.07) is 12.7. The van der Waals surface area contributed by atoms with Crippen molar-refractivity contribution in [3.63, 3.8) is 0 Å². The molecule has 3 rings (SSSR count). The van der Waals surface area contributed by atoms with E-state index in [9.17, 15) is 14.9 Å². The maximum Gasteiger partial charge on any atom is 0.364 e. The third kappa shape index (κ3) is 3.04. The molecule has 0 aromatic heterocycles. The Labute approximate surface area is 142 Å². The number of nitrogens with zero attached hydrogens (tertiary/aromatic N) is 2. The minimum atomic E-state index is -0.594. The molecule has 0 aliphatic carbocycles. The molecule has 0 bridgehead atoms. The average Bonchev–Trinajstić information content (AvgIpc) is 2.96. The molecular formula is C17H11ClN2O4. The standard InChI is InChI=1S/C17H11ClN2O4/c1-10(12-3-2-4-14(9-12)20(22)23)15-17(21)24-16(19-15)11-5-7-13(18)8-6-11/h2-9H,1H3/b15-10-. The third-order valence-corrected chi connectivity index (χ3v) is 3.78. The second-order valence-corrected chi connectivity index (χ2v) is 5.53. The summed E-state index contributed by atoms with van der Waals surface area (Å²) in [6.45, 7) is 1.67. The molecule has 0 saturated heterocycles. The summed E-state index contributed by atoms with van der Waals surface area (Å²) in [5, 5.41) is 11.4. The van der Waals surface area contributed by atoms with Crippen LogP contribution in [-0.2, 0) is 9.53 Å². The number of hydrogen-bond acceptors (Lipinski definition) is 5. The van der Waals surface area contributed by atoms with Gasteiger partial charge in [0.15, 0.2) is 5.70 Å². The molecule has 2 aromatic carbocycles. The number of cyclic esters (lactones) is 1. The van der Waals surface area contributed by atoms with Gasteiger partial charge in [-0.15, -0.1) is 0 Å². The lowest BCUT2D eigenvalue weighted by molar-refractivity contribution is -0.384. The summed E-state index contributed by atoms with van der Waals surface area (Å²) in [5.74, 6) is -0.416. The van der Waals surface area contributed by atoms with Gasteiger partial charge in [0.1, 0.15) is 0 Å². The second-order valence-electron chi connectivity index (χ2n) is 5.09. The molecule has 0 unspecified atom stereocenters. The number of allylic oxidation sites excluding steroid dienone is 1. The predicted octanol–water partition coefficient (Wildman–Crippen LogP) is 3.98. The molecule has 0 N–H and O–H groups in total. The number of esters is 1. The molecule has 0 spiro atoms. The number of nitro groups is 1. The number of carbonyl (C=O) groups excluding carboxylic acids is 1. The number of aliphatic imine (C=N–C) groups is 1. The summed E-state index contributed by atoms with van der Waals surface area (Å²) in [4.78, 5) is 26.7. The van der Waals surface area contributed by atoms with E-state index in [1.165, 1.54) is 12.1 Å². The molecule has 0 atom stereocenters. The fourth-order valence-electron chi connectivity index (χ4n) is 2.25. The fourth-order valence-corrected chi connectivity index (χ4v) is 2.37. The number of rotatable bonds is 3. The van der Waals surface area contributed by atoms with Gasteiger partial charge in [-0.25, -0.2) is 9.79 Å². The van der Waals surface area contributed by atoms with E-state index in [0.29, 0.717) is 21.7 Å². The molecule has 7 heteroatoms. The lowest BCUT2D eigenvalue weighted by atomic mass is 10.0. The Hall–Kier alpha value is -2.99. The molecule has 1 aliphatic rings. The first-order chi connectivity index (χ1) is 11.5. The molecule has 0 radical (unpaired) electrons. The van der Waals surface area contributed by atoms with E-state index >= 15 is 0 Å². The van der Waals surface area contributed by atoms with Gasteiger partial charge in [0.05, 0.1) is 4.92 Å². The van der Waals surface area contributed by atoms with E-state index in [1.54, 1.807) is 43.3 Å². The Balaban J connectivity index is 2.02. The first kappa shape index (κ1) is 15.9. The Kier molecular flexibility index (Phi) is 4.14. The molecular weight excluding hydrogens is 332 g/mol. The summed E-state index contributed by atoms with van der Waals surface area (Å²) in [5.41, 5.74) is 1.74. The van der Waals surface area contributed by atoms with Crippen LogP contribution < -0.4 is 0 Å². The van der Waals surface area contributed by atoms with Crippen molar-refractivity contribution >= 4 is 34.7 Å². The highest BCUT2D eigenvalue weighted by Gasteiger charge is 2.26. The van der Waals surface area contributed by atoms with Crippen LogP contribution in [0.3, 0.4) is 0 Å².